The first-order valence-electron chi connectivity index (χ1n) is 0.999. The molecule has 31 valence electrons. The lowest BCUT2D eigenvalue weighted by Gasteiger charge is -1.73. The van der Waals surface area contributed by atoms with Crippen LogP contribution in [0.4, 0.5) is 8.22 Å². The summed E-state index contributed by atoms with van der Waals surface area (Å²) in [5.41, 5.74) is -0.454. The van der Waals surface area contributed by atoms with Crippen molar-refractivity contribution in [3.63, 3.8) is 0 Å². The zero-order valence-electron chi connectivity index (χ0n) is 2.34. The Morgan fingerprint density at radius 2 is 1.80 bits per heavy atom. The molecule has 0 amide bonds. The maximum absolute atomic E-state index is 10.7. The van der Waals surface area contributed by atoms with Gasteiger partial charge < -0.3 is 0 Å². The lowest BCUT2D eigenvalue weighted by atomic mass is 11.9. The highest BCUT2D eigenvalue weighted by Crippen LogP contribution is 1.85. The molecule has 0 aromatic rings. The fourth-order valence-corrected chi connectivity index (χ4v) is 0. The van der Waals surface area contributed by atoms with Gasteiger partial charge in [-0.1, -0.05) is 0 Å². The van der Waals surface area contributed by atoms with E-state index in [1.54, 1.807) is 0 Å². The van der Waals surface area contributed by atoms with Gasteiger partial charge in [-0.15, -0.1) is 11.6 Å². The summed E-state index contributed by atoms with van der Waals surface area (Å²) in [4.78, 5) is 0. The molecule has 0 N–H and O–H groups in total. The third-order valence-electron chi connectivity index (χ3n) is 0.101. The van der Waals surface area contributed by atoms with Crippen LogP contribution in [0.1, 0.15) is 0 Å². The van der Waals surface area contributed by atoms with Gasteiger partial charge in [-0.2, -0.15) is 0 Å². The molecule has 0 nitrogen and oxygen atoms in total. The molecule has 0 fully saturated rings. The Hall–Kier alpha value is 0.367. The van der Waals surface area contributed by atoms with Crippen LogP contribution in [0.2, 0.25) is 0 Å². The number of alkyl halides is 1. The van der Waals surface area contributed by atoms with Crippen LogP contribution >= 0.6 is 11.6 Å². The highest BCUT2D eigenvalue weighted by atomic mass is 35.5. The van der Waals surface area contributed by atoms with Crippen LogP contribution in [-0.4, -0.2) is 15.0 Å². The van der Waals surface area contributed by atoms with Crippen molar-refractivity contribution in [2.75, 3.05) is 5.50 Å². The van der Waals surface area contributed by atoms with Crippen LogP contribution in [0.5, 0.6) is 0 Å². The van der Waals surface area contributed by atoms with E-state index in [9.17, 15) is 8.22 Å². The molecular formula is CH2ClF2Si. The lowest BCUT2D eigenvalue weighted by molar-refractivity contribution is 0.670. The molecule has 0 unspecified atom stereocenters. The monoisotopic (exact) mass is 115 g/mol. The number of hydrogen-bond donors (Lipinski definition) is 0. The van der Waals surface area contributed by atoms with Gasteiger partial charge in [-0.25, -0.2) is 0 Å². The van der Waals surface area contributed by atoms with E-state index in [0.29, 0.717) is 0 Å². The van der Waals surface area contributed by atoms with Crippen molar-refractivity contribution >= 4 is 21.1 Å². The first kappa shape index (κ1) is 5.37. The number of rotatable bonds is 1. The molecule has 4 heteroatoms. The summed E-state index contributed by atoms with van der Waals surface area (Å²) in [5.74, 6) is 0. The van der Waals surface area contributed by atoms with Crippen LogP contribution in [0.3, 0.4) is 0 Å². The summed E-state index contributed by atoms with van der Waals surface area (Å²) in [7, 11) is -3.11. The van der Waals surface area contributed by atoms with Crippen molar-refractivity contribution in [2.24, 2.45) is 0 Å². The van der Waals surface area contributed by atoms with E-state index >= 15 is 0 Å². The van der Waals surface area contributed by atoms with E-state index in [-0.39, 0.29) is 0 Å². The molecule has 1 radical (unpaired) electrons. The largest absolute Gasteiger partial charge is 0.491 e. The topological polar surface area (TPSA) is 0 Å². The SMILES string of the molecule is F[Si](F)CCl. The second-order valence-electron chi connectivity index (χ2n) is 0.472. The van der Waals surface area contributed by atoms with Crippen molar-refractivity contribution in [1.82, 2.24) is 0 Å². The van der Waals surface area contributed by atoms with Crippen LogP contribution in [0.25, 0.3) is 0 Å². The maximum Gasteiger partial charge on any atom is 0.491 e. The lowest BCUT2D eigenvalue weighted by Crippen LogP contribution is -1.95. The van der Waals surface area contributed by atoms with E-state index in [2.05, 4.69) is 11.6 Å². The smallest absolute Gasteiger partial charge is 0.267 e. The molecule has 0 aliphatic rings. The molecule has 0 aliphatic carbocycles. The van der Waals surface area contributed by atoms with Crippen LogP contribution < -0.4 is 0 Å². The summed E-state index contributed by atoms with van der Waals surface area (Å²) in [6.07, 6.45) is 0. The molecule has 0 heterocycles. The average molecular weight is 116 g/mol. The third-order valence-corrected chi connectivity index (χ3v) is 0.909. The van der Waals surface area contributed by atoms with Gasteiger partial charge in [0.05, 0.1) is 5.50 Å². The fraction of sp³-hybridized carbons (Fsp3) is 1.00. The minimum atomic E-state index is -3.11. The number of halogens is 3. The highest BCUT2D eigenvalue weighted by molar-refractivity contribution is 6.55. The summed E-state index contributed by atoms with van der Waals surface area (Å²) in [5, 5.41) is 0. The van der Waals surface area contributed by atoms with Crippen molar-refractivity contribution < 1.29 is 8.22 Å². The summed E-state index contributed by atoms with van der Waals surface area (Å²) in [6, 6.07) is 0. The molecule has 5 heavy (non-hydrogen) atoms. The zero-order valence-corrected chi connectivity index (χ0v) is 4.10. The van der Waals surface area contributed by atoms with Gasteiger partial charge in [-0.3, -0.25) is 8.22 Å². The molecule has 0 bridgehead atoms. The Labute approximate surface area is 35.7 Å². The van der Waals surface area contributed by atoms with Gasteiger partial charge in [-0.05, 0) is 0 Å². The third kappa shape index (κ3) is 4.37. The van der Waals surface area contributed by atoms with Gasteiger partial charge in [0, 0.05) is 0 Å². The summed E-state index contributed by atoms with van der Waals surface area (Å²) in [6.45, 7) is 0. The molecule has 0 saturated heterocycles. The normalized spacial score (nSPS) is 9.60. The van der Waals surface area contributed by atoms with Gasteiger partial charge in [0.25, 0.3) is 0 Å². The number of hydrogen-bond acceptors (Lipinski definition) is 0. The molecule has 0 aromatic carbocycles. The summed E-state index contributed by atoms with van der Waals surface area (Å²) < 4.78 is 21.5. The van der Waals surface area contributed by atoms with Gasteiger partial charge in [0.1, 0.15) is 0 Å². The van der Waals surface area contributed by atoms with Crippen molar-refractivity contribution in [3.8, 4) is 0 Å². The van der Waals surface area contributed by atoms with Gasteiger partial charge in [0.2, 0.25) is 0 Å². The van der Waals surface area contributed by atoms with Gasteiger partial charge in [0.15, 0.2) is 0 Å². The van der Waals surface area contributed by atoms with E-state index < -0.39 is 15.0 Å². The Morgan fingerprint density at radius 3 is 1.80 bits per heavy atom. The standard InChI is InChI=1S/CH2ClF2Si/c2-1-5(3)4/h1H2. The molecule has 0 saturated carbocycles. The van der Waals surface area contributed by atoms with Crippen LogP contribution in [0.15, 0.2) is 0 Å². The van der Waals surface area contributed by atoms with Crippen molar-refractivity contribution in [3.05, 3.63) is 0 Å². The molecule has 0 aliphatic heterocycles. The minimum Gasteiger partial charge on any atom is -0.267 e. The second kappa shape index (κ2) is 2.60. The Kier molecular flexibility index (Phi) is 2.79. The Bertz CT molecular complexity index is 23.6. The predicted molar refractivity (Wildman–Crippen MR) is 18.7 cm³/mol. The summed E-state index contributed by atoms with van der Waals surface area (Å²) >= 11 is 4.63. The van der Waals surface area contributed by atoms with Gasteiger partial charge >= 0.3 is 9.46 Å². The van der Waals surface area contributed by atoms with E-state index in [1.807, 2.05) is 0 Å². The molecular weight excluding hydrogens is 114 g/mol. The molecule has 0 aromatic heterocycles. The maximum atomic E-state index is 10.7. The molecule has 0 atom stereocenters. The first-order valence-corrected chi connectivity index (χ1v) is 3.00. The van der Waals surface area contributed by atoms with Crippen LogP contribution in [-0.2, 0) is 0 Å². The van der Waals surface area contributed by atoms with E-state index in [0.717, 1.165) is 0 Å². The second-order valence-corrected chi connectivity index (χ2v) is 2.22. The Morgan fingerprint density at radius 1 is 1.60 bits per heavy atom. The van der Waals surface area contributed by atoms with Crippen LogP contribution in [0, 0.1) is 0 Å². The highest BCUT2D eigenvalue weighted by Gasteiger charge is 2.03. The zero-order chi connectivity index (χ0) is 4.28. The fourth-order valence-electron chi connectivity index (χ4n) is 0. The molecule has 0 rings (SSSR count). The van der Waals surface area contributed by atoms with Crippen molar-refractivity contribution in [1.29, 1.82) is 0 Å². The first-order chi connectivity index (χ1) is 2.27. The minimum absolute atomic E-state index is 0.454. The Balaban J connectivity index is 2.54. The predicted octanol–water partition coefficient (Wildman–Crippen LogP) is 1.19. The van der Waals surface area contributed by atoms with Crippen molar-refractivity contribution in [2.45, 2.75) is 0 Å². The van der Waals surface area contributed by atoms with E-state index in [1.165, 1.54) is 0 Å². The quantitative estimate of drug-likeness (QED) is 0.274. The molecule has 0 spiro atoms. The average Bonchev–Trinajstić information content (AvgIpc) is 1.38. The van der Waals surface area contributed by atoms with E-state index in [4.69, 9.17) is 0 Å².